The van der Waals surface area contributed by atoms with E-state index in [-0.39, 0.29) is 18.4 Å². The monoisotopic (exact) mass is 352 g/mol. The number of para-hydroxylation sites is 1. The third-order valence-electron chi connectivity index (χ3n) is 4.45. The van der Waals surface area contributed by atoms with Crippen LogP contribution in [0.15, 0.2) is 48.7 Å². The van der Waals surface area contributed by atoms with Crippen LogP contribution < -0.4 is 15.5 Å². The molecule has 2 amide bonds. The van der Waals surface area contributed by atoms with Gasteiger partial charge in [0.05, 0.1) is 18.8 Å². The molecule has 2 heterocycles. The molecule has 26 heavy (non-hydrogen) atoms. The molecule has 0 atom stereocenters. The second-order valence-corrected chi connectivity index (χ2v) is 6.34. The summed E-state index contributed by atoms with van der Waals surface area (Å²) >= 11 is 0. The Hall–Kier alpha value is -2.89. The molecule has 0 spiro atoms. The van der Waals surface area contributed by atoms with Gasteiger partial charge in [0.1, 0.15) is 0 Å². The van der Waals surface area contributed by atoms with Gasteiger partial charge in [0.15, 0.2) is 0 Å². The van der Waals surface area contributed by atoms with Crippen molar-refractivity contribution in [2.45, 2.75) is 25.8 Å². The highest BCUT2D eigenvalue weighted by molar-refractivity contribution is 5.84. The lowest BCUT2D eigenvalue weighted by atomic mass is 10.0. The van der Waals surface area contributed by atoms with Crippen LogP contribution in [-0.4, -0.2) is 36.4 Å². The fraction of sp³-hybridized carbons (Fsp3) is 0.350. The van der Waals surface area contributed by atoms with Crippen molar-refractivity contribution >= 4 is 17.5 Å². The summed E-state index contributed by atoms with van der Waals surface area (Å²) in [6.07, 6.45) is 4.26. The van der Waals surface area contributed by atoms with Gasteiger partial charge in [0.2, 0.25) is 11.8 Å². The first-order chi connectivity index (χ1) is 12.7. The number of carbonyl (C=O) groups excluding carboxylic acids is 2. The number of hydrogen-bond acceptors (Lipinski definition) is 4. The summed E-state index contributed by atoms with van der Waals surface area (Å²) in [4.78, 5) is 30.3. The van der Waals surface area contributed by atoms with Crippen LogP contribution in [-0.2, 0) is 22.6 Å². The number of fused-ring (bicyclic) bond motifs is 1. The molecule has 0 fully saturated rings. The van der Waals surface area contributed by atoms with Gasteiger partial charge in [-0.1, -0.05) is 24.3 Å². The third-order valence-corrected chi connectivity index (χ3v) is 4.45. The maximum absolute atomic E-state index is 12.0. The minimum absolute atomic E-state index is 0.0117. The minimum atomic E-state index is -0.215. The number of rotatable bonds is 7. The van der Waals surface area contributed by atoms with Crippen LogP contribution >= 0.6 is 0 Å². The normalized spacial score (nSPS) is 13.0. The zero-order valence-electron chi connectivity index (χ0n) is 14.8. The van der Waals surface area contributed by atoms with E-state index in [2.05, 4.69) is 38.7 Å². The Morgan fingerprint density at radius 2 is 1.88 bits per heavy atom. The van der Waals surface area contributed by atoms with Gasteiger partial charge >= 0.3 is 0 Å². The first kappa shape index (κ1) is 17.9. The van der Waals surface area contributed by atoms with Gasteiger partial charge in [-0.3, -0.25) is 14.6 Å². The molecule has 0 saturated carbocycles. The smallest absolute Gasteiger partial charge is 0.239 e. The van der Waals surface area contributed by atoms with Crippen LogP contribution in [0.3, 0.4) is 0 Å². The van der Waals surface area contributed by atoms with Crippen molar-refractivity contribution in [1.82, 2.24) is 15.6 Å². The Bertz CT molecular complexity index is 748. The van der Waals surface area contributed by atoms with Crippen LogP contribution in [0.4, 0.5) is 5.69 Å². The Morgan fingerprint density at radius 1 is 1.04 bits per heavy atom. The van der Waals surface area contributed by atoms with Crippen LogP contribution in [0.2, 0.25) is 0 Å². The van der Waals surface area contributed by atoms with E-state index in [1.807, 2.05) is 24.3 Å². The summed E-state index contributed by atoms with van der Waals surface area (Å²) in [5, 5.41) is 5.43. The molecule has 0 bridgehead atoms. The summed E-state index contributed by atoms with van der Waals surface area (Å²) in [7, 11) is 0. The summed E-state index contributed by atoms with van der Waals surface area (Å²) in [6, 6.07) is 13.9. The van der Waals surface area contributed by atoms with Crippen molar-refractivity contribution in [2.75, 3.05) is 24.5 Å². The van der Waals surface area contributed by atoms with E-state index in [1.165, 1.54) is 11.3 Å². The lowest BCUT2D eigenvalue weighted by Crippen LogP contribution is -2.38. The second kappa shape index (κ2) is 8.99. The molecule has 6 heteroatoms. The molecule has 3 rings (SSSR count). The summed E-state index contributed by atoms with van der Waals surface area (Å²) in [5.41, 5.74) is 3.35. The fourth-order valence-electron chi connectivity index (χ4n) is 3.10. The SMILES string of the molecule is O=C(CCN1CCCc2ccccc21)NCC(=O)NCc1ccccn1. The van der Waals surface area contributed by atoms with Crippen molar-refractivity contribution in [2.24, 2.45) is 0 Å². The van der Waals surface area contributed by atoms with Gasteiger partial charge < -0.3 is 15.5 Å². The van der Waals surface area contributed by atoms with Crippen LogP contribution in [0.25, 0.3) is 0 Å². The van der Waals surface area contributed by atoms with Gasteiger partial charge in [-0.15, -0.1) is 0 Å². The number of benzene rings is 1. The molecule has 1 aliphatic heterocycles. The second-order valence-electron chi connectivity index (χ2n) is 6.34. The van der Waals surface area contributed by atoms with E-state index >= 15 is 0 Å². The molecule has 6 nitrogen and oxygen atoms in total. The van der Waals surface area contributed by atoms with E-state index in [9.17, 15) is 9.59 Å². The van der Waals surface area contributed by atoms with E-state index in [0.717, 1.165) is 25.1 Å². The number of nitrogens with zero attached hydrogens (tertiary/aromatic N) is 2. The molecule has 2 N–H and O–H groups in total. The molecule has 0 radical (unpaired) electrons. The first-order valence-electron chi connectivity index (χ1n) is 8.98. The standard InChI is InChI=1S/C20H24N4O2/c25-19(23-15-20(26)22-14-17-8-3-4-11-21-17)10-13-24-12-5-7-16-6-1-2-9-18(16)24/h1-4,6,8-9,11H,5,7,10,12-15H2,(H,22,26)(H,23,25). The Morgan fingerprint density at radius 3 is 2.73 bits per heavy atom. The van der Waals surface area contributed by atoms with E-state index in [4.69, 9.17) is 0 Å². The van der Waals surface area contributed by atoms with Crippen molar-refractivity contribution in [3.8, 4) is 0 Å². The average molecular weight is 352 g/mol. The van der Waals surface area contributed by atoms with Crippen molar-refractivity contribution < 1.29 is 9.59 Å². The summed E-state index contributed by atoms with van der Waals surface area (Å²) in [6.45, 7) is 1.98. The molecule has 1 aromatic heterocycles. The number of amides is 2. The van der Waals surface area contributed by atoms with Crippen molar-refractivity contribution in [1.29, 1.82) is 0 Å². The zero-order chi connectivity index (χ0) is 18.2. The highest BCUT2D eigenvalue weighted by atomic mass is 16.2. The third kappa shape index (κ3) is 5.05. The predicted octanol–water partition coefficient (Wildman–Crippen LogP) is 1.66. The van der Waals surface area contributed by atoms with E-state index in [0.29, 0.717) is 19.5 Å². The summed E-state index contributed by atoms with van der Waals surface area (Å²) in [5.74, 6) is -0.326. The summed E-state index contributed by atoms with van der Waals surface area (Å²) < 4.78 is 0. The van der Waals surface area contributed by atoms with E-state index < -0.39 is 0 Å². The highest BCUT2D eigenvalue weighted by Crippen LogP contribution is 2.26. The van der Waals surface area contributed by atoms with Gasteiger partial charge in [-0.2, -0.15) is 0 Å². The van der Waals surface area contributed by atoms with Crippen molar-refractivity contribution in [3.63, 3.8) is 0 Å². The van der Waals surface area contributed by atoms with E-state index in [1.54, 1.807) is 6.20 Å². The lowest BCUT2D eigenvalue weighted by molar-refractivity contribution is -0.126. The molecule has 1 aliphatic rings. The molecule has 1 aromatic carbocycles. The van der Waals surface area contributed by atoms with Crippen molar-refractivity contribution in [3.05, 3.63) is 59.9 Å². The molecular weight excluding hydrogens is 328 g/mol. The lowest BCUT2D eigenvalue weighted by Gasteiger charge is -2.31. The van der Waals surface area contributed by atoms with Crippen LogP contribution in [0.1, 0.15) is 24.1 Å². The largest absolute Gasteiger partial charge is 0.371 e. The molecular formula is C20H24N4O2. The Balaban J connectivity index is 1.38. The number of aryl methyl sites for hydroxylation is 1. The minimum Gasteiger partial charge on any atom is -0.371 e. The van der Waals surface area contributed by atoms with Crippen LogP contribution in [0.5, 0.6) is 0 Å². The van der Waals surface area contributed by atoms with Gasteiger partial charge in [0.25, 0.3) is 0 Å². The average Bonchev–Trinajstić information content (AvgIpc) is 2.70. The predicted molar refractivity (Wildman–Crippen MR) is 101 cm³/mol. The number of pyridine rings is 1. The van der Waals surface area contributed by atoms with Gasteiger partial charge in [0, 0.05) is 31.4 Å². The maximum Gasteiger partial charge on any atom is 0.239 e. The molecule has 0 saturated heterocycles. The molecule has 136 valence electrons. The quantitative estimate of drug-likeness (QED) is 0.795. The molecule has 0 aliphatic carbocycles. The molecule has 2 aromatic rings. The topological polar surface area (TPSA) is 74.3 Å². The Kier molecular flexibility index (Phi) is 6.19. The zero-order valence-corrected chi connectivity index (χ0v) is 14.8. The number of carbonyl (C=O) groups is 2. The fourth-order valence-corrected chi connectivity index (χ4v) is 3.10. The Labute approximate surface area is 153 Å². The number of aromatic nitrogens is 1. The number of nitrogens with one attached hydrogen (secondary N) is 2. The van der Waals surface area contributed by atoms with Gasteiger partial charge in [-0.05, 0) is 36.6 Å². The number of anilines is 1. The number of hydrogen-bond donors (Lipinski definition) is 2. The van der Waals surface area contributed by atoms with Gasteiger partial charge in [-0.25, -0.2) is 0 Å². The maximum atomic E-state index is 12.0. The highest BCUT2D eigenvalue weighted by Gasteiger charge is 2.17. The molecule has 0 unspecified atom stereocenters. The first-order valence-corrected chi connectivity index (χ1v) is 8.98. The van der Waals surface area contributed by atoms with Crippen LogP contribution in [0, 0.1) is 0 Å².